The summed E-state index contributed by atoms with van der Waals surface area (Å²) in [5.74, 6) is -0.0808. The highest BCUT2D eigenvalue weighted by atomic mass is 32.1. The standard InChI is InChI=1S/C26H22N4OS/c1-17-24(32-26(30-17)23-13-7-8-14-27-23)25(31)29-15-20(18-9-3-2-4-10-18)21-16-28-22-12-6-5-11-19(21)22/h2-14,16,20,28H,15H2,1H3,(H,29,31). The summed E-state index contributed by atoms with van der Waals surface area (Å²) >= 11 is 1.38. The van der Waals surface area contributed by atoms with Crippen molar-refractivity contribution < 1.29 is 4.79 Å². The maximum Gasteiger partial charge on any atom is 0.263 e. The predicted octanol–water partition coefficient (Wildman–Crippen LogP) is 5.56. The molecule has 0 aliphatic rings. The number of para-hydroxylation sites is 1. The Balaban J connectivity index is 1.42. The number of hydrogen-bond acceptors (Lipinski definition) is 4. The minimum absolute atomic E-state index is 0.0276. The fourth-order valence-electron chi connectivity index (χ4n) is 3.96. The topological polar surface area (TPSA) is 70.7 Å². The summed E-state index contributed by atoms with van der Waals surface area (Å²) in [5.41, 5.74) is 4.92. The van der Waals surface area contributed by atoms with Crippen molar-refractivity contribution in [2.75, 3.05) is 6.54 Å². The molecule has 158 valence electrons. The molecule has 2 aromatic carbocycles. The van der Waals surface area contributed by atoms with Crippen LogP contribution >= 0.6 is 11.3 Å². The number of amides is 1. The maximum absolute atomic E-state index is 13.1. The summed E-state index contributed by atoms with van der Waals surface area (Å²) in [6, 6.07) is 24.2. The number of carbonyl (C=O) groups is 1. The highest BCUT2D eigenvalue weighted by Crippen LogP contribution is 2.31. The zero-order valence-corrected chi connectivity index (χ0v) is 18.4. The summed E-state index contributed by atoms with van der Waals surface area (Å²) in [6.07, 6.45) is 3.78. The molecule has 0 saturated carbocycles. The third kappa shape index (κ3) is 3.92. The number of rotatable bonds is 6. The van der Waals surface area contributed by atoms with E-state index in [-0.39, 0.29) is 11.8 Å². The van der Waals surface area contributed by atoms with Gasteiger partial charge < -0.3 is 10.3 Å². The molecule has 5 rings (SSSR count). The van der Waals surface area contributed by atoms with E-state index in [2.05, 4.69) is 44.5 Å². The average Bonchev–Trinajstić information content (AvgIpc) is 3.44. The number of hydrogen-bond donors (Lipinski definition) is 2. The van der Waals surface area contributed by atoms with Crippen LogP contribution in [0.1, 0.15) is 32.4 Å². The summed E-state index contributed by atoms with van der Waals surface area (Å²) in [5, 5.41) is 5.08. The molecule has 1 atom stereocenters. The molecule has 5 aromatic rings. The number of aromatic amines is 1. The van der Waals surface area contributed by atoms with Crippen LogP contribution in [0.4, 0.5) is 0 Å². The Morgan fingerprint density at radius 1 is 1.03 bits per heavy atom. The quantitative estimate of drug-likeness (QED) is 0.365. The molecule has 0 aliphatic heterocycles. The lowest BCUT2D eigenvalue weighted by molar-refractivity contribution is 0.0955. The largest absolute Gasteiger partial charge is 0.361 e. The van der Waals surface area contributed by atoms with Crippen LogP contribution in [-0.2, 0) is 0 Å². The number of thiazole rings is 1. The molecule has 6 heteroatoms. The van der Waals surface area contributed by atoms with Crippen molar-refractivity contribution in [1.82, 2.24) is 20.3 Å². The van der Waals surface area contributed by atoms with Gasteiger partial charge in [0.15, 0.2) is 0 Å². The van der Waals surface area contributed by atoms with Crippen LogP contribution in [0.25, 0.3) is 21.6 Å². The Morgan fingerprint density at radius 3 is 2.62 bits per heavy atom. The fraction of sp³-hybridized carbons (Fsp3) is 0.115. The van der Waals surface area contributed by atoms with Crippen molar-refractivity contribution in [1.29, 1.82) is 0 Å². The van der Waals surface area contributed by atoms with E-state index >= 15 is 0 Å². The van der Waals surface area contributed by atoms with Crippen molar-refractivity contribution in [2.24, 2.45) is 0 Å². The zero-order valence-electron chi connectivity index (χ0n) is 17.6. The lowest BCUT2D eigenvalue weighted by Gasteiger charge is -2.18. The summed E-state index contributed by atoms with van der Waals surface area (Å²) < 4.78 is 0. The minimum Gasteiger partial charge on any atom is -0.361 e. The van der Waals surface area contributed by atoms with Crippen LogP contribution in [0, 0.1) is 6.92 Å². The van der Waals surface area contributed by atoms with Crippen molar-refractivity contribution in [2.45, 2.75) is 12.8 Å². The molecular weight excluding hydrogens is 416 g/mol. The van der Waals surface area contributed by atoms with Gasteiger partial charge in [0, 0.05) is 35.8 Å². The van der Waals surface area contributed by atoms with Crippen molar-refractivity contribution in [3.05, 3.63) is 107 Å². The Kier molecular flexibility index (Phi) is 5.52. The SMILES string of the molecule is Cc1nc(-c2ccccn2)sc1C(=O)NCC(c1ccccc1)c1c[nH]c2ccccc12. The van der Waals surface area contributed by atoms with E-state index < -0.39 is 0 Å². The van der Waals surface area contributed by atoms with E-state index in [1.807, 2.05) is 61.7 Å². The normalized spacial score (nSPS) is 12.0. The van der Waals surface area contributed by atoms with Gasteiger partial charge in [0.1, 0.15) is 9.88 Å². The third-order valence-corrected chi connectivity index (χ3v) is 6.73. The van der Waals surface area contributed by atoms with E-state index in [1.54, 1.807) is 6.20 Å². The van der Waals surface area contributed by atoms with E-state index in [0.29, 0.717) is 11.4 Å². The fourth-order valence-corrected chi connectivity index (χ4v) is 4.92. The van der Waals surface area contributed by atoms with Crippen LogP contribution in [0.15, 0.2) is 85.2 Å². The molecule has 0 fully saturated rings. The number of nitrogens with zero attached hydrogens (tertiary/aromatic N) is 2. The number of aromatic nitrogens is 3. The van der Waals surface area contributed by atoms with Gasteiger partial charge in [0.05, 0.1) is 11.4 Å². The molecule has 5 nitrogen and oxygen atoms in total. The number of fused-ring (bicyclic) bond motifs is 1. The van der Waals surface area contributed by atoms with Crippen molar-refractivity contribution >= 4 is 28.1 Å². The first-order valence-electron chi connectivity index (χ1n) is 10.5. The average molecular weight is 439 g/mol. The highest BCUT2D eigenvalue weighted by Gasteiger charge is 2.21. The smallest absolute Gasteiger partial charge is 0.263 e. The highest BCUT2D eigenvalue weighted by molar-refractivity contribution is 7.17. The first kappa shape index (κ1) is 20.2. The van der Waals surface area contributed by atoms with Crippen LogP contribution in [-0.4, -0.2) is 27.4 Å². The van der Waals surface area contributed by atoms with Gasteiger partial charge in [-0.25, -0.2) is 4.98 Å². The Labute approximate surface area is 190 Å². The van der Waals surface area contributed by atoms with Gasteiger partial charge in [-0.2, -0.15) is 0 Å². The number of aryl methyl sites for hydroxylation is 1. The van der Waals surface area contributed by atoms with Crippen molar-refractivity contribution in [3.63, 3.8) is 0 Å². The Bertz CT molecular complexity index is 1360. The monoisotopic (exact) mass is 438 g/mol. The molecule has 0 saturated heterocycles. The molecule has 1 amide bonds. The molecule has 2 N–H and O–H groups in total. The summed E-state index contributed by atoms with van der Waals surface area (Å²) in [7, 11) is 0. The van der Waals surface area contributed by atoms with Gasteiger partial charge in [-0.15, -0.1) is 11.3 Å². The molecule has 0 radical (unpaired) electrons. The number of H-pyrrole nitrogens is 1. The molecule has 0 bridgehead atoms. The lowest BCUT2D eigenvalue weighted by Crippen LogP contribution is -2.28. The number of carbonyl (C=O) groups excluding carboxylic acids is 1. The van der Waals surface area contributed by atoms with Crippen LogP contribution in [0.3, 0.4) is 0 Å². The Hall–Kier alpha value is -3.77. The van der Waals surface area contributed by atoms with Gasteiger partial charge >= 0.3 is 0 Å². The Morgan fingerprint density at radius 2 is 1.81 bits per heavy atom. The second-order valence-corrected chi connectivity index (χ2v) is 8.61. The molecule has 32 heavy (non-hydrogen) atoms. The van der Waals surface area contributed by atoms with Crippen molar-refractivity contribution in [3.8, 4) is 10.7 Å². The second kappa shape index (κ2) is 8.77. The van der Waals surface area contributed by atoms with Gasteiger partial charge in [0.2, 0.25) is 0 Å². The van der Waals surface area contributed by atoms with E-state index in [9.17, 15) is 4.79 Å². The van der Waals surface area contributed by atoms with Crippen LogP contribution < -0.4 is 5.32 Å². The molecular formula is C26H22N4OS. The summed E-state index contributed by atoms with van der Waals surface area (Å²) in [4.78, 5) is 26.0. The van der Waals surface area contributed by atoms with Gasteiger partial charge in [-0.1, -0.05) is 54.6 Å². The third-order valence-electron chi connectivity index (χ3n) is 5.55. The number of nitrogens with one attached hydrogen (secondary N) is 2. The minimum atomic E-state index is -0.108. The van der Waals surface area contributed by atoms with Crippen LogP contribution in [0.2, 0.25) is 0 Å². The number of pyridine rings is 1. The maximum atomic E-state index is 13.1. The first-order chi connectivity index (χ1) is 15.7. The molecule has 3 heterocycles. The summed E-state index contributed by atoms with van der Waals surface area (Å²) in [6.45, 7) is 2.35. The molecule has 3 aromatic heterocycles. The lowest BCUT2D eigenvalue weighted by atomic mass is 9.91. The zero-order chi connectivity index (χ0) is 21.9. The molecule has 0 spiro atoms. The van der Waals surface area contributed by atoms with E-state index in [1.165, 1.54) is 22.3 Å². The van der Waals surface area contributed by atoms with E-state index in [4.69, 9.17) is 0 Å². The number of benzene rings is 2. The second-order valence-electron chi connectivity index (χ2n) is 7.61. The predicted molar refractivity (Wildman–Crippen MR) is 129 cm³/mol. The van der Waals surface area contributed by atoms with Gasteiger partial charge in [-0.3, -0.25) is 9.78 Å². The van der Waals surface area contributed by atoms with Gasteiger partial charge in [0.25, 0.3) is 5.91 Å². The molecule has 0 aliphatic carbocycles. The van der Waals surface area contributed by atoms with E-state index in [0.717, 1.165) is 27.5 Å². The first-order valence-corrected chi connectivity index (χ1v) is 11.3. The van der Waals surface area contributed by atoms with Crippen LogP contribution in [0.5, 0.6) is 0 Å². The molecule has 1 unspecified atom stereocenters. The van der Waals surface area contributed by atoms with Gasteiger partial charge in [-0.05, 0) is 36.2 Å².